The molecular formula is C9H13FN2O3S. The third kappa shape index (κ3) is 4.13. The zero-order valence-electron chi connectivity index (χ0n) is 8.64. The normalized spacial score (nSPS) is 13.5. The van der Waals surface area contributed by atoms with Gasteiger partial charge in [0.1, 0.15) is 12.0 Å². The summed E-state index contributed by atoms with van der Waals surface area (Å²) in [4.78, 5) is 0. The van der Waals surface area contributed by atoms with E-state index >= 15 is 0 Å². The number of nitrogens with two attached hydrogens (primary N) is 1. The second-order valence-electron chi connectivity index (χ2n) is 3.45. The van der Waals surface area contributed by atoms with Crippen LogP contribution in [0.3, 0.4) is 0 Å². The number of benzene rings is 1. The second kappa shape index (κ2) is 4.77. The first-order chi connectivity index (χ1) is 7.28. The van der Waals surface area contributed by atoms with Crippen LogP contribution in [0.25, 0.3) is 0 Å². The fourth-order valence-electron chi connectivity index (χ4n) is 1.23. The van der Waals surface area contributed by atoms with Gasteiger partial charge in [0.05, 0.1) is 6.26 Å². The van der Waals surface area contributed by atoms with Gasteiger partial charge in [-0.2, -0.15) is 0 Å². The number of rotatable bonds is 4. The van der Waals surface area contributed by atoms with E-state index in [9.17, 15) is 12.8 Å². The van der Waals surface area contributed by atoms with Gasteiger partial charge in [0.15, 0.2) is 0 Å². The zero-order valence-corrected chi connectivity index (χ0v) is 9.46. The molecule has 0 aliphatic carbocycles. The number of aliphatic hydroxyl groups excluding tert-OH is 1. The number of sulfonamides is 1. The fourth-order valence-corrected chi connectivity index (χ4v) is 1.79. The third-order valence-electron chi connectivity index (χ3n) is 1.78. The quantitative estimate of drug-likeness (QED) is 0.655. The van der Waals surface area contributed by atoms with E-state index in [1.165, 1.54) is 12.1 Å². The third-order valence-corrected chi connectivity index (χ3v) is 2.38. The van der Waals surface area contributed by atoms with E-state index in [1.807, 2.05) is 0 Å². The molecule has 1 unspecified atom stereocenters. The number of anilines is 1. The first-order valence-corrected chi connectivity index (χ1v) is 6.37. The Morgan fingerprint density at radius 3 is 2.69 bits per heavy atom. The van der Waals surface area contributed by atoms with Gasteiger partial charge in [-0.1, -0.05) is 0 Å². The van der Waals surface area contributed by atoms with E-state index in [-0.39, 0.29) is 17.7 Å². The van der Waals surface area contributed by atoms with Crippen molar-refractivity contribution < 1.29 is 17.9 Å². The Balaban J connectivity index is 2.98. The Morgan fingerprint density at radius 1 is 1.56 bits per heavy atom. The predicted octanol–water partition coefficient (Wildman–Crippen LogP) is 0.0168. The molecule has 5 nitrogen and oxygen atoms in total. The summed E-state index contributed by atoms with van der Waals surface area (Å²) >= 11 is 0. The predicted molar refractivity (Wildman–Crippen MR) is 58.8 cm³/mol. The van der Waals surface area contributed by atoms with Crippen LogP contribution in [-0.4, -0.2) is 26.0 Å². The first kappa shape index (κ1) is 12.9. The average Bonchev–Trinajstić information content (AvgIpc) is 2.07. The molecule has 0 saturated heterocycles. The molecule has 1 aromatic carbocycles. The molecule has 90 valence electrons. The Hall–Kier alpha value is -1.18. The minimum Gasteiger partial charge on any atom is -0.378 e. The van der Waals surface area contributed by atoms with Crippen LogP contribution in [0.1, 0.15) is 5.56 Å². The molecule has 0 heterocycles. The molecule has 0 fully saturated rings. The van der Waals surface area contributed by atoms with Gasteiger partial charge in [0.25, 0.3) is 0 Å². The van der Waals surface area contributed by atoms with Crippen molar-refractivity contribution in [3.63, 3.8) is 0 Å². The van der Waals surface area contributed by atoms with Crippen LogP contribution in [-0.2, 0) is 16.4 Å². The molecule has 0 spiro atoms. The smallest absolute Gasteiger partial charge is 0.229 e. The van der Waals surface area contributed by atoms with Crippen LogP contribution in [0.15, 0.2) is 18.2 Å². The molecule has 0 bridgehead atoms. The average molecular weight is 248 g/mol. The van der Waals surface area contributed by atoms with Crippen molar-refractivity contribution in [1.82, 2.24) is 0 Å². The SMILES string of the molecule is CS(=O)(=O)Nc1ccc(F)c(CC(N)O)c1. The summed E-state index contributed by atoms with van der Waals surface area (Å²) in [6, 6.07) is 3.71. The summed E-state index contributed by atoms with van der Waals surface area (Å²) in [5.41, 5.74) is 5.51. The molecule has 1 aromatic rings. The highest BCUT2D eigenvalue weighted by atomic mass is 32.2. The highest BCUT2D eigenvalue weighted by Gasteiger charge is 2.09. The van der Waals surface area contributed by atoms with Crippen molar-refractivity contribution in [1.29, 1.82) is 0 Å². The molecule has 0 aliphatic heterocycles. The lowest BCUT2D eigenvalue weighted by Gasteiger charge is -2.09. The highest BCUT2D eigenvalue weighted by molar-refractivity contribution is 7.92. The summed E-state index contributed by atoms with van der Waals surface area (Å²) in [6.07, 6.45) is -0.262. The monoisotopic (exact) mass is 248 g/mol. The number of halogens is 1. The van der Waals surface area contributed by atoms with E-state index in [0.717, 1.165) is 12.3 Å². The van der Waals surface area contributed by atoms with Crippen LogP contribution in [0.4, 0.5) is 10.1 Å². The van der Waals surface area contributed by atoms with Crippen molar-refractivity contribution in [2.45, 2.75) is 12.6 Å². The van der Waals surface area contributed by atoms with Crippen LogP contribution < -0.4 is 10.5 Å². The van der Waals surface area contributed by atoms with Crippen molar-refractivity contribution >= 4 is 15.7 Å². The molecule has 0 aromatic heterocycles. The summed E-state index contributed by atoms with van der Waals surface area (Å²) in [7, 11) is -3.40. The minimum atomic E-state index is -3.40. The summed E-state index contributed by atoms with van der Waals surface area (Å²) < 4.78 is 37.3. The maximum Gasteiger partial charge on any atom is 0.229 e. The van der Waals surface area contributed by atoms with E-state index in [4.69, 9.17) is 10.8 Å². The minimum absolute atomic E-state index is 0.0783. The number of aliphatic hydroxyl groups is 1. The van der Waals surface area contributed by atoms with Crippen LogP contribution >= 0.6 is 0 Å². The van der Waals surface area contributed by atoms with Gasteiger partial charge in [-0.25, -0.2) is 12.8 Å². The summed E-state index contributed by atoms with van der Waals surface area (Å²) in [5.74, 6) is -0.538. The van der Waals surface area contributed by atoms with E-state index < -0.39 is 22.1 Å². The Kier molecular flexibility index (Phi) is 3.84. The molecule has 16 heavy (non-hydrogen) atoms. The van der Waals surface area contributed by atoms with Gasteiger partial charge < -0.3 is 10.8 Å². The van der Waals surface area contributed by atoms with Gasteiger partial charge in [0.2, 0.25) is 10.0 Å². The van der Waals surface area contributed by atoms with Gasteiger partial charge >= 0.3 is 0 Å². The standard InChI is InChI=1S/C9H13FN2O3S/c1-16(14,15)12-7-2-3-8(10)6(4-7)5-9(11)13/h2-4,9,12-13H,5,11H2,1H3. The lowest BCUT2D eigenvalue weighted by Crippen LogP contribution is -2.22. The van der Waals surface area contributed by atoms with Crippen molar-refractivity contribution in [3.8, 4) is 0 Å². The van der Waals surface area contributed by atoms with Crippen LogP contribution in [0.5, 0.6) is 0 Å². The van der Waals surface area contributed by atoms with E-state index in [2.05, 4.69) is 4.72 Å². The first-order valence-electron chi connectivity index (χ1n) is 4.48. The molecular weight excluding hydrogens is 235 g/mol. The maximum absolute atomic E-state index is 13.2. The number of nitrogens with one attached hydrogen (secondary N) is 1. The molecule has 0 amide bonds. The topological polar surface area (TPSA) is 92.4 Å². The highest BCUT2D eigenvalue weighted by Crippen LogP contribution is 2.16. The Labute approximate surface area is 93.1 Å². The summed E-state index contributed by atoms with van der Waals surface area (Å²) in [6.45, 7) is 0. The molecule has 1 rings (SSSR count). The van der Waals surface area contributed by atoms with Gasteiger partial charge in [-0.15, -0.1) is 0 Å². The Morgan fingerprint density at radius 2 is 2.19 bits per heavy atom. The maximum atomic E-state index is 13.2. The van der Waals surface area contributed by atoms with Gasteiger partial charge in [-0.05, 0) is 23.8 Å². The lowest BCUT2D eigenvalue weighted by molar-refractivity contribution is 0.181. The van der Waals surface area contributed by atoms with Crippen LogP contribution in [0, 0.1) is 5.82 Å². The van der Waals surface area contributed by atoms with Crippen LogP contribution in [0.2, 0.25) is 0 Å². The number of hydrogen-bond acceptors (Lipinski definition) is 4. The van der Waals surface area contributed by atoms with E-state index in [0.29, 0.717) is 0 Å². The molecule has 0 aliphatic rings. The number of hydrogen-bond donors (Lipinski definition) is 3. The second-order valence-corrected chi connectivity index (χ2v) is 5.20. The van der Waals surface area contributed by atoms with Crippen molar-refractivity contribution in [2.75, 3.05) is 11.0 Å². The summed E-state index contributed by atoms with van der Waals surface area (Å²) in [5, 5.41) is 8.93. The Bertz CT molecular complexity index is 474. The van der Waals surface area contributed by atoms with E-state index in [1.54, 1.807) is 0 Å². The molecule has 0 radical (unpaired) electrons. The van der Waals surface area contributed by atoms with Gasteiger partial charge in [-0.3, -0.25) is 4.72 Å². The molecule has 7 heteroatoms. The van der Waals surface area contributed by atoms with Crippen molar-refractivity contribution in [3.05, 3.63) is 29.6 Å². The molecule has 0 saturated carbocycles. The fraction of sp³-hybridized carbons (Fsp3) is 0.333. The molecule has 1 atom stereocenters. The largest absolute Gasteiger partial charge is 0.378 e. The van der Waals surface area contributed by atoms with Crippen molar-refractivity contribution in [2.24, 2.45) is 5.73 Å². The molecule has 4 N–H and O–H groups in total. The van der Waals surface area contributed by atoms with Gasteiger partial charge in [0, 0.05) is 12.1 Å². The zero-order chi connectivity index (χ0) is 12.3. The lowest BCUT2D eigenvalue weighted by atomic mass is 10.1.